The van der Waals surface area contributed by atoms with E-state index in [2.05, 4.69) is 12.0 Å². The Bertz CT molecular complexity index is 818. The minimum Gasteiger partial charge on any atom is -0.266 e. The number of anilines is 1. The molecule has 1 heterocycles. The summed E-state index contributed by atoms with van der Waals surface area (Å²) in [6, 6.07) is 9.30. The zero-order valence-corrected chi connectivity index (χ0v) is 16.9. The third-order valence-electron chi connectivity index (χ3n) is 4.17. The highest BCUT2D eigenvalue weighted by Gasteiger charge is 2.33. The van der Waals surface area contributed by atoms with E-state index >= 15 is 0 Å². The quantitative estimate of drug-likeness (QED) is 0.771. The maximum atomic E-state index is 13.5. The first-order valence-corrected chi connectivity index (χ1v) is 10.2. The fourth-order valence-electron chi connectivity index (χ4n) is 3.05. The third kappa shape index (κ3) is 3.89. The molecule has 5 nitrogen and oxygen atoms in total. The van der Waals surface area contributed by atoms with E-state index in [0.29, 0.717) is 28.5 Å². The van der Waals surface area contributed by atoms with Crippen molar-refractivity contribution in [2.45, 2.75) is 64.8 Å². The Morgan fingerprint density at radius 3 is 2.20 bits per heavy atom. The summed E-state index contributed by atoms with van der Waals surface area (Å²) in [6.07, 6.45) is 1.73. The molecule has 2 aromatic rings. The number of rotatable bonds is 6. The Morgan fingerprint density at radius 1 is 1.12 bits per heavy atom. The number of nitrogens with zero attached hydrogens (tertiary/aromatic N) is 3. The van der Waals surface area contributed by atoms with Gasteiger partial charge in [-0.15, -0.1) is 0 Å². The third-order valence-corrected chi connectivity index (χ3v) is 6.25. The zero-order chi connectivity index (χ0) is 18.8. The summed E-state index contributed by atoms with van der Waals surface area (Å²) in [5, 5.41) is 4.51. The van der Waals surface area contributed by atoms with Crippen LogP contribution in [0.4, 0.5) is 5.69 Å². The highest BCUT2D eigenvalue weighted by atomic mass is 32.2. The highest BCUT2D eigenvalue weighted by molar-refractivity contribution is 7.93. The van der Waals surface area contributed by atoms with Gasteiger partial charge in [0.25, 0.3) is 10.0 Å². The molecule has 0 aliphatic carbocycles. The van der Waals surface area contributed by atoms with Crippen molar-refractivity contribution >= 4 is 15.7 Å². The van der Waals surface area contributed by atoms with Crippen LogP contribution in [0.2, 0.25) is 0 Å². The summed E-state index contributed by atoms with van der Waals surface area (Å²) < 4.78 is 30.3. The second-order valence-corrected chi connectivity index (χ2v) is 9.15. The molecule has 0 aliphatic rings. The summed E-state index contributed by atoms with van der Waals surface area (Å²) >= 11 is 0. The van der Waals surface area contributed by atoms with Gasteiger partial charge in [0, 0.05) is 6.54 Å². The van der Waals surface area contributed by atoms with Gasteiger partial charge in [-0.05, 0) is 53.2 Å². The molecule has 0 saturated carbocycles. The maximum Gasteiger partial charge on any atom is 0.267 e. The lowest BCUT2D eigenvalue weighted by Crippen LogP contribution is -2.33. The Kier molecular flexibility index (Phi) is 5.62. The van der Waals surface area contributed by atoms with E-state index in [9.17, 15) is 8.42 Å². The number of hydrogen-bond acceptors (Lipinski definition) is 3. The average molecular weight is 364 g/mol. The van der Waals surface area contributed by atoms with Crippen molar-refractivity contribution in [3.8, 4) is 0 Å². The van der Waals surface area contributed by atoms with Crippen molar-refractivity contribution in [1.29, 1.82) is 0 Å². The van der Waals surface area contributed by atoms with Gasteiger partial charge in [0.1, 0.15) is 4.90 Å². The van der Waals surface area contributed by atoms with Crippen LogP contribution in [0.1, 0.15) is 51.9 Å². The molecule has 0 N–H and O–H groups in total. The van der Waals surface area contributed by atoms with E-state index in [0.717, 1.165) is 12.8 Å². The molecule has 25 heavy (non-hydrogen) atoms. The monoisotopic (exact) mass is 363 g/mol. The molecule has 0 bridgehead atoms. The van der Waals surface area contributed by atoms with Gasteiger partial charge < -0.3 is 0 Å². The van der Waals surface area contributed by atoms with Crippen LogP contribution >= 0.6 is 0 Å². The largest absolute Gasteiger partial charge is 0.267 e. The molecule has 138 valence electrons. The lowest BCUT2D eigenvalue weighted by atomic mass is 10.1. The van der Waals surface area contributed by atoms with Crippen molar-refractivity contribution < 1.29 is 8.42 Å². The number of unbranched alkanes of at least 4 members (excludes halogenated alkanes) is 1. The molecule has 0 amide bonds. The van der Waals surface area contributed by atoms with Crippen molar-refractivity contribution in [3.63, 3.8) is 0 Å². The molecule has 0 radical (unpaired) electrons. The minimum absolute atomic E-state index is 0.274. The van der Waals surface area contributed by atoms with Gasteiger partial charge in [-0.2, -0.15) is 5.10 Å². The van der Waals surface area contributed by atoms with Crippen molar-refractivity contribution in [2.24, 2.45) is 0 Å². The summed E-state index contributed by atoms with van der Waals surface area (Å²) in [6.45, 7) is 12.2. The molecular weight excluding hydrogens is 334 g/mol. The van der Waals surface area contributed by atoms with Crippen LogP contribution in [0.25, 0.3) is 0 Å². The molecular formula is C19H29N3O2S. The van der Waals surface area contributed by atoms with E-state index in [1.807, 2.05) is 58.0 Å². The average Bonchev–Trinajstić information content (AvgIpc) is 2.84. The highest BCUT2D eigenvalue weighted by Crippen LogP contribution is 2.30. The number of aromatic nitrogens is 2. The molecule has 0 fully saturated rings. The fraction of sp³-hybridized carbons (Fsp3) is 0.526. The standard InChI is InChI=1S/C19H29N3O2S/c1-7-8-14-21(17-12-10-9-11-13-17)25(23,24)18-15(2)20-22(16(18)3)19(4,5)6/h9-13H,7-8,14H2,1-6H3. The first-order chi connectivity index (χ1) is 11.6. The molecule has 0 unspecified atom stereocenters. The van der Waals surface area contributed by atoms with Gasteiger partial charge in [0.05, 0.1) is 22.6 Å². The van der Waals surface area contributed by atoms with Gasteiger partial charge in [-0.3, -0.25) is 8.99 Å². The zero-order valence-electron chi connectivity index (χ0n) is 16.1. The van der Waals surface area contributed by atoms with E-state index in [-0.39, 0.29) is 5.54 Å². The summed E-state index contributed by atoms with van der Waals surface area (Å²) in [4.78, 5) is 0.322. The van der Waals surface area contributed by atoms with Crippen molar-refractivity contribution in [2.75, 3.05) is 10.8 Å². The molecule has 1 aromatic heterocycles. The smallest absolute Gasteiger partial charge is 0.266 e. The second kappa shape index (κ2) is 7.20. The minimum atomic E-state index is -3.68. The first-order valence-electron chi connectivity index (χ1n) is 8.75. The predicted octanol–water partition coefficient (Wildman–Crippen LogP) is 4.25. The van der Waals surface area contributed by atoms with E-state index in [1.54, 1.807) is 11.6 Å². The first kappa shape index (κ1) is 19.5. The SMILES string of the molecule is CCCCN(c1ccccc1)S(=O)(=O)c1c(C)nn(C(C)(C)C)c1C. The van der Waals surface area contributed by atoms with Crippen LogP contribution in [0, 0.1) is 13.8 Å². The summed E-state index contributed by atoms with van der Waals surface area (Å²) in [5.41, 5.74) is 1.65. The number of aryl methyl sites for hydroxylation is 1. The Balaban J connectivity index is 2.60. The van der Waals surface area contributed by atoms with Gasteiger partial charge >= 0.3 is 0 Å². The van der Waals surface area contributed by atoms with Crippen molar-refractivity contribution in [3.05, 3.63) is 41.7 Å². The van der Waals surface area contributed by atoms with Crippen molar-refractivity contribution in [1.82, 2.24) is 9.78 Å². The molecule has 0 spiro atoms. The second-order valence-electron chi connectivity index (χ2n) is 7.35. The Morgan fingerprint density at radius 2 is 1.72 bits per heavy atom. The van der Waals surface area contributed by atoms with Crippen LogP contribution in [0.15, 0.2) is 35.2 Å². The Labute approximate surface area is 151 Å². The van der Waals surface area contributed by atoms with Gasteiger partial charge in [0.2, 0.25) is 0 Å². The molecule has 6 heteroatoms. The summed E-state index contributed by atoms with van der Waals surface area (Å²) in [5.74, 6) is 0. The lowest BCUT2D eigenvalue weighted by molar-refractivity contribution is 0.345. The normalized spacial score (nSPS) is 12.4. The number of benzene rings is 1. The van der Waals surface area contributed by atoms with Gasteiger partial charge in [-0.25, -0.2) is 8.42 Å². The topological polar surface area (TPSA) is 55.2 Å². The number of hydrogen-bond donors (Lipinski definition) is 0. The van der Waals surface area contributed by atoms with Crippen LogP contribution in [-0.2, 0) is 15.6 Å². The molecule has 2 rings (SSSR count). The predicted molar refractivity (Wildman–Crippen MR) is 103 cm³/mol. The van der Waals surface area contributed by atoms with E-state index in [4.69, 9.17) is 0 Å². The fourth-order valence-corrected chi connectivity index (χ4v) is 4.91. The van der Waals surface area contributed by atoms with Crippen LogP contribution < -0.4 is 4.31 Å². The number of sulfonamides is 1. The maximum absolute atomic E-state index is 13.5. The Hall–Kier alpha value is -1.82. The van der Waals surface area contributed by atoms with Gasteiger partial charge in [0.15, 0.2) is 0 Å². The number of para-hydroxylation sites is 1. The van der Waals surface area contributed by atoms with Crippen LogP contribution in [0.3, 0.4) is 0 Å². The lowest BCUT2D eigenvalue weighted by Gasteiger charge is -2.25. The van der Waals surface area contributed by atoms with E-state index in [1.165, 1.54) is 4.31 Å². The van der Waals surface area contributed by atoms with E-state index < -0.39 is 10.0 Å². The molecule has 0 aliphatic heterocycles. The summed E-state index contributed by atoms with van der Waals surface area (Å²) in [7, 11) is -3.68. The van der Waals surface area contributed by atoms with Crippen LogP contribution in [-0.4, -0.2) is 24.7 Å². The van der Waals surface area contributed by atoms with Crippen LogP contribution in [0.5, 0.6) is 0 Å². The molecule has 1 aromatic carbocycles. The molecule has 0 atom stereocenters. The molecule has 0 saturated heterocycles. The van der Waals surface area contributed by atoms with Gasteiger partial charge in [-0.1, -0.05) is 31.5 Å².